The molecule has 0 radical (unpaired) electrons. The molecule has 0 saturated heterocycles. The van der Waals surface area contributed by atoms with Crippen LogP contribution >= 0.6 is 23.7 Å². The fraction of sp³-hybridized carbons (Fsp3) is 0.417. The minimum atomic E-state index is -0.722. The summed E-state index contributed by atoms with van der Waals surface area (Å²) in [5.74, 6) is 1.83. The maximum Gasteiger partial charge on any atom is 0.273 e. The van der Waals surface area contributed by atoms with Gasteiger partial charge in [-0.05, 0) is 44.3 Å². The van der Waals surface area contributed by atoms with Crippen molar-refractivity contribution in [3.63, 3.8) is 0 Å². The predicted octanol–water partition coefficient (Wildman–Crippen LogP) is 4.63. The Labute approximate surface area is 204 Å². The number of halogens is 1. The van der Waals surface area contributed by atoms with Crippen LogP contribution in [0.5, 0.6) is 17.2 Å². The molecule has 1 atom stereocenters. The van der Waals surface area contributed by atoms with Gasteiger partial charge in [-0.25, -0.2) is 4.98 Å². The molecule has 1 unspecified atom stereocenters. The number of hydrogen-bond acceptors (Lipinski definition) is 7. The lowest BCUT2D eigenvalue weighted by molar-refractivity contribution is -0.127. The second-order valence-corrected chi connectivity index (χ2v) is 8.42. The lowest BCUT2D eigenvalue weighted by Crippen LogP contribution is -2.48. The van der Waals surface area contributed by atoms with Crippen molar-refractivity contribution in [1.29, 1.82) is 0 Å². The molecular weight excluding hydrogens is 462 g/mol. The standard InChI is InChI=1S/C24H29N3O4S.ClH/c1-4-26(5-2)14-15-27(23(28)20-16-30-17-10-7-8-11-18(17)31-20)24-25-22-19(29-6-3)12-9-13-21(22)32-24;/h7-13,20H,4-6,14-16H2,1-3H3;1H. The second kappa shape index (κ2) is 11.5. The number of likely N-dealkylation sites (N-methyl/N-ethyl adjacent to an activating group) is 1. The summed E-state index contributed by atoms with van der Waals surface area (Å²) >= 11 is 1.49. The van der Waals surface area contributed by atoms with E-state index >= 15 is 0 Å². The van der Waals surface area contributed by atoms with E-state index < -0.39 is 6.10 Å². The first kappa shape index (κ1) is 25.1. The lowest BCUT2D eigenvalue weighted by atomic mass is 10.2. The first-order valence-corrected chi connectivity index (χ1v) is 11.9. The lowest BCUT2D eigenvalue weighted by Gasteiger charge is -2.30. The van der Waals surface area contributed by atoms with Crippen molar-refractivity contribution in [3.8, 4) is 17.2 Å². The number of nitrogens with zero attached hydrogens (tertiary/aromatic N) is 3. The number of ether oxygens (including phenoxy) is 3. The summed E-state index contributed by atoms with van der Waals surface area (Å²) in [5.41, 5.74) is 0.779. The summed E-state index contributed by atoms with van der Waals surface area (Å²) in [6, 6.07) is 13.3. The zero-order valence-corrected chi connectivity index (χ0v) is 20.8. The van der Waals surface area contributed by atoms with Crippen LogP contribution in [-0.4, -0.2) is 61.3 Å². The van der Waals surface area contributed by atoms with Crippen molar-refractivity contribution in [3.05, 3.63) is 42.5 Å². The number of hydrogen-bond donors (Lipinski definition) is 0. The van der Waals surface area contributed by atoms with Crippen LogP contribution in [0.15, 0.2) is 42.5 Å². The van der Waals surface area contributed by atoms with Gasteiger partial charge in [0.2, 0.25) is 6.10 Å². The number of aromatic nitrogens is 1. The van der Waals surface area contributed by atoms with Gasteiger partial charge in [-0.15, -0.1) is 12.4 Å². The van der Waals surface area contributed by atoms with E-state index in [1.165, 1.54) is 11.3 Å². The van der Waals surface area contributed by atoms with Gasteiger partial charge in [0.05, 0.1) is 11.3 Å². The fourth-order valence-electron chi connectivity index (χ4n) is 3.70. The topological polar surface area (TPSA) is 64.1 Å². The van der Waals surface area contributed by atoms with Gasteiger partial charge >= 0.3 is 0 Å². The molecule has 1 amide bonds. The highest BCUT2D eigenvalue weighted by Crippen LogP contribution is 2.36. The van der Waals surface area contributed by atoms with E-state index in [-0.39, 0.29) is 24.9 Å². The number of amides is 1. The average molecular weight is 492 g/mol. The van der Waals surface area contributed by atoms with Gasteiger partial charge in [0.25, 0.3) is 5.91 Å². The van der Waals surface area contributed by atoms with E-state index in [0.29, 0.717) is 29.8 Å². The number of carbonyl (C=O) groups is 1. The average Bonchev–Trinajstić information content (AvgIpc) is 3.26. The van der Waals surface area contributed by atoms with E-state index in [1.54, 1.807) is 4.90 Å². The SMILES string of the molecule is CCOc1cccc2sc(N(CCN(CC)CC)C(=O)C3COc4ccccc4O3)nc12.Cl. The molecule has 3 aromatic rings. The molecule has 178 valence electrons. The van der Waals surface area contributed by atoms with Crippen LogP contribution in [0.1, 0.15) is 20.8 Å². The Hall–Kier alpha value is -2.55. The van der Waals surface area contributed by atoms with Crippen LogP contribution < -0.4 is 19.1 Å². The highest BCUT2D eigenvalue weighted by molar-refractivity contribution is 7.22. The quantitative estimate of drug-likeness (QED) is 0.435. The number of fused-ring (bicyclic) bond motifs is 2. The third kappa shape index (κ3) is 5.51. The molecule has 2 heterocycles. The Morgan fingerprint density at radius 2 is 1.85 bits per heavy atom. The zero-order valence-electron chi connectivity index (χ0n) is 19.2. The normalized spacial score (nSPS) is 14.7. The molecule has 33 heavy (non-hydrogen) atoms. The minimum Gasteiger partial charge on any atom is -0.492 e. The van der Waals surface area contributed by atoms with Crippen LogP contribution in [0.4, 0.5) is 5.13 Å². The molecule has 0 fully saturated rings. The Morgan fingerprint density at radius 1 is 1.09 bits per heavy atom. The highest BCUT2D eigenvalue weighted by atomic mass is 35.5. The van der Waals surface area contributed by atoms with E-state index in [9.17, 15) is 4.79 Å². The Balaban J connectivity index is 0.00000306. The van der Waals surface area contributed by atoms with E-state index in [4.69, 9.17) is 19.2 Å². The third-order valence-electron chi connectivity index (χ3n) is 5.49. The van der Waals surface area contributed by atoms with E-state index in [1.807, 2.05) is 49.4 Å². The number of carbonyl (C=O) groups excluding carboxylic acids is 1. The van der Waals surface area contributed by atoms with Crippen LogP contribution in [-0.2, 0) is 4.79 Å². The molecule has 2 aromatic carbocycles. The molecule has 7 nitrogen and oxygen atoms in total. The van der Waals surface area contributed by atoms with Crippen molar-refractivity contribution < 1.29 is 19.0 Å². The largest absolute Gasteiger partial charge is 0.492 e. The molecule has 1 aliphatic rings. The van der Waals surface area contributed by atoms with E-state index in [2.05, 4.69) is 18.7 Å². The number of para-hydroxylation sites is 3. The predicted molar refractivity (Wildman–Crippen MR) is 135 cm³/mol. The Morgan fingerprint density at radius 3 is 2.58 bits per heavy atom. The molecule has 1 aromatic heterocycles. The van der Waals surface area contributed by atoms with Crippen molar-refractivity contribution >= 4 is 45.0 Å². The van der Waals surface area contributed by atoms with Crippen LogP contribution in [0.2, 0.25) is 0 Å². The first-order chi connectivity index (χ1) is 15.6. The zero-order chi connectivity index (χ0) is 22.5. The molecule has 0 N–H and O–H groups in total. The van der Waals surface area contributed by atoms with Gasteiger partial charge in [0.1, 0.15) is 17.9 Å². The Kier molecular flexibility index (Phi) is 8.77. The monoisotopic (exact) mass is 491 g/mol. The fourth-order valence-corrected chi connectivity index (χ4v) is 4.71. The minimum absolute atomic E-state index is 0. The summed E-state index contributed by atoms with van der Waals surface area (Å²) in [6.45, 7) is 10.0. The summed E-state index contributed by atoms with van der Waals surface area (Å²) in [6.07, 6.45) is -0.722. The van der Waals surface area contributed by atoms with Crippen LogP contribution in [0.25, 0.3) is 10.2 Å². The van der Waals surface area contributed by atoms with Crippen molar-refractivity contribution in [2.24, 2.45) is 0 Å². The molecule has 0 bridgehead atoms. The van der Waals surface area contributed by atoms with Gasteiger partial charge in [0, 0.05) is 13.1 Å². The van der Waals surface area contributed by atoms with Crippen molar-refractivity contribution in [1.82, 2.24) is 9.88 Å². The van der Waals surface area contributed by atoms with E-state index in [0.717, 1.165) is 35.6 Å². The smallest absolute Gasteiger partial charge is 0.273 e. The first-order valence-electron chi connectivity index (χ1n) is 11.1. The van der Waals surface area contributed by atoms with Crippen LogP contribution in [0, 0.1) is 0 Å². The third-order valence-corrected chi connectivity index (χ3v) is 6.53. The number of anilines is 1. The molecule has 0 saturated carbocycles. The summed E-state index contributed by atoms with van der Waals surface area (Å²) in [4.78, 5) is 22.4. The molecule has 0 aliphatic carbocycles. The number of benzene rings is 2. The summed E-state index contributed by atoms with van der Waals surface area (Å²) in [5, 5.41) is 0.645. The molecule has 9 heteroatoms. The molecule has 4 rings (SSSR count). The van der Waals surface area contributed by atoms with Crippen LogP contribution in [0.3, 0.4) is 0 Å². The summed E-state index contributed by atoms with van der Waals surface area (Å²) in [7, 11) is 0. The molecule has 0 spiro atoms. The van der Waals surface area contributed by atoms with Gasteiger partial charge in [-0.1, -0.05) is 43.4 Å². The molecule has 1 aliphatic heterocycles. The maximum absolute atomic E-state index is 13.6. The number of thiazole rings is 1. The van der Waals surface area contributed by atoms with Crippen molar-refractivity contribution in [2.75, 3.05) is 44.3 Å². The summed E-state index contributed by atoms with van der Waals surface area (Å²) < 4.78 is 18.5. The van der Waals surface area contributed by atoms with Crippen molar-refractivity contribution in [2.45, 2.75) is 26.9 Å². The second-order valence-electron chi connectivity index (χ2n) is 7.41. The number of rotatable bonds is 9. The maximum atomic E-state index is 13.6. The molecular formula is C24H30ClN3O4S. The van der Waals surface area contributed by atoms with Gasteiger partial charge in [-0.2, -0.15) is 0 Å². The van der Waals surface area contributed by atoms with Gasteiger partial charge < -0.3 is 19.1 Å². The van der Waals surface area contributed by atoms with Gasteiger partial charge in [0.15, 0.2) is 16.6 Å². The highest BCUT2D eigenvalue weighted by Gasteiger charge is 2.33. The van der Waals surface area contributed by atoms with Gasteiger partial charge in [-0.3, -0.25) is 9.69 Å². The Bertz CT molecular complexity index is 1070.